The third kappa shape index (κ3) is 4.30. The van der Waals surface area contributed by atoms with Crippen LogP contribution in [0, 0.1) is 5.41 Å². The van der Waals surface area contributed by atoms with E-state index in [0.29, 0.717) is 23.2 Å². The van der Waals surface area contributed by atoms with Gasteiger partial charge in [-0.25, -0.2) is 0 Å². The topological polar surface area (TPSA) is 82.2 Å². The number of carbonyl (C=O) groups excluding carboxylic acids is 1. The van der Waals surface area contributed by atoms with E-state index < -0.39 is 17.6 Å². The second-order valence-electron chi connectivity index (χ2n) is 8.45. The molecule has 0 spiro atoms. The van der Waals surface area contributed by atoms with Crippen LogP contribution in [0.4, 0.5) is 18.9 Å². The van der Waals surface area contributed by atoms with Gasteiger partial charge >= 0.3 is 6.18 Å². The molecule has 31 heavy (non-hydrogen) atoms. The van der Waals surface area contributed by atoms with Crippen LogP contribution in [0.15, 0.2) is 42.5 Å². The number of nitrogens with zero attached hydrogens (tertiary/aromatic N) is 1. The first kappa shape index (κ1) is 21.4. The van der Waals surface area contributed by atoms with Gasteiger partial charge in [0.05, 0.1) is 5.56 Å². The highest BCUT2D eigenvalue weighted by Crippen LogP contribution is 2.35. The first-order chi connectivity index (χ1) is 14.6. The molecule has 1 amide bonds. The first-order valence-electron chi connectivity index (χ1n) is 10.3. The normalized spacial score (nSPS) is 23.5. The van der Waals surface area contributed by atoms with Crippen molar-refractivity contribution in [2.75, 3.05) is 12.8 Å². The molecule has 0 aromatic heterocycles. The van der Waals surface area contributed by atoms with E-state index in [2.05, 4.69) is 17.3 Å². The lowest BCUT2D eigenvalue weighted by Crippen LogP contribution is -2.50. The molecule has 2 heterocycles. The molecular formula is C23H25F3N4O. The number of nitrogens with two attached hydrogens (primary N) is 1. The van der Waals surface area contributed by atoms with Crippen LogP contribution in [-0.2, 0) is 11.0 Å². The summed E-state index contributed by atoms with van der Waals surface area (Å²) in [6.45, 7) is 0. The lowest BCUT2D eigenvalue weighted by molar-refractivity contribution is -0.137. The summed E-state index contributed by atoms with van der Waals surface area (Å²) in [5.74, 6) is -0.479. The number of nitrogens with one attached hydrogen (secondary N) is 2. The number of alkyl halides is 3. The number of fused-ring (bicyclic) bond motifs is 2. The third-order valence-electron chi connectivity index (χ3n) is 6.50. The first-order valence-corrected chi connectivity index (χ1v) is 10.3. The Morgan fingerprint density at radius 1 is 1.10 bits per heavy atom. The molecule has 2 fully saturated rings. The maximum atomic E-state index is 13.0. The van der Waals surface area contributed by atoms with Crippen molar-refractivity contribution in [3.05, 3.63) is 53.6 Å². The molecule has 2 aromatic rings. The van der Waals surface area contributed by atoms with Crippen LogP contribution in [0.5, 0.6) is 0 Å². The Balaban J connectivity index is 1.48. The van der Waals surface area contributed by atoms with E-state index in [1.54, 1.807) is 12.1 Å². The van der Waals surface area contributed by atoms with Gasteiger partial charge in [0, 0.05) is 29.4 Å². The minimum atomic E-state index is -4.44. The van der Waals surface area contributed by atoms with Gasteiger partial charge < -0.3 is 16.0 Å². The lowest BCUT2D eigenvalue weighted by atomic mass is 9.96. The molecule has 8 heteroatoms. The standard InChI is InChI=1S/C23H25F3N4O/c1-30-17-6-7-18(30)12-16(11-17)29-22(31)21(28)19-8-5-14(10-20(19)27)13-3-2-4-15(9-13)23(24,25)26/h2-5,8-10,16-18,28H,6-7,11-12,27H2,1H3,(H,29,31). The number of piperidine rings is 1. The average Bonchev–Trinajstić information content (AvgIpc) is 2.93. The van der Waals surface area contributed by atoms with Crippen LogP contribution in [0.2, 0.25) is 0 Å². The molecule has 4 N–H and O–H groups in total. The summed E-state index contributed by atoms with van der Waals surface area (Å²) in [7, 11) is 2.12. The van der Waals surface area contributed by atoms with E-state index in [1.165, 1.54) is 18.2 Å². The van der Waals surface area contributed by atoms with E-state index in [-0.39, 0.29) is 23.0 Å². The van der Waals surface area contributed by atoms with Gasteiger partial charge in [0.2, 0.25) is 0 Å². The Morgan fingerprint density at radius 2 is 1.74 bits per heavy atom. The zero-order valence-corrected chi connectivity index (χ0v) is 17.2. The number of amides is 1. The van der Waals surface area contributed by atoms with Gasteiger partial charge in [-0.2, -0.15) is 13.2 Å². The number of nitrogen functional groups attached to an aromatic ring is 1. The summed E-state index contributed by atoms with van der Waals surface area (Å²) in [6.07, 6.45) is -0.426. The number of benzene rings is 2. The fraction of sp³-hybridized carbons (Fsp3) is 0.391. The molecule has 2 aromatic carbocycles. The van der Waals surface area contributed by atoms with E-state index in [0.717, 1.165) is 37.8 Å². The number of hydrogen-bond acceptors (Lipinski definition) is 4. The summed E-state index contributed by atoms with van der Waals surface area (Å²) in [6, 6.07) is 10.5. The van der Waals surface area contributed by atoms with Crippen molar-refractivity contribution in [3.8, 4) is 11.1 Å². The lowest BCUT2D eigenvalue weighted by Gasteiger charge is -2.36. The average molecular weight is 430 g/mol. The number of anilines is 1. The van der Waals surface area contributed by atoms with E-state index in [4.69, 9.17) is 11.1 Å². The Hall–Kier alpha value is -2.87. The molecule has 2 atom stereocenters. The predicted molar refractivity (Wildman–Crippen MR) is 114 cm³/mol. The minimum absolute atomic E-state index is 0.0344. The van der Waals surface area contributed by atoms with Crippen molar-refractivity contribution in [1.29, 1.82) is 5.41 Å². The minimum Gasteiger partial charge on any atom is -0.398 e. The Morgan fingerprint density at radius 3 is 2.35 bits per heavy atom. The van der Waals surface area contributed by atoms with Crippen LogP contribution in [0.25, 0.3) is 11.1 Å². The number of hydrogen-bond donors (Lipinski definition) is 3. The van der Waals surface area contributed by atoms with Gasteiger partial charge in [0.25, 0.3) is 5.91 Å². The molecular weight excluding hydrogens is 405 g/mol. The molecule has 0 aliphatic carbocycles. The summed E-state index contributed by atoms with van der Waals surface area (Å²) < 4.78 is 39.0. The zero-order chi connectivity index (χ0) is 22.3. The Labute approximate surface area is 178 Å². The smallest absolute Gasteiger partial charge is 0.398 e. The largest absolute Gasteiger partial charge is 0.416 e. The molecule has 2 bridgehead atoms. The van der Waals surface area contributed by atoms with E-state index in [9.17, 15) is 18.0 Å². The van der Waals surface area contributed by atoms with Crippen LogP contribution in [0.3, 0.4) is 0 Å². The molecule has 4 rings (SSSR count). The number of halogens is 3. The van der Waals surface area contributed by atoms with Crippen LogP contribution in [-0.4, -0.2) is 41.7 Å². The second-order valence-corrected chi connectivity index (χ2v) is 8.45. The summed E-state index contributed by atoms with van der Waals surface area (Å²) in [5, 5.41) is 11.3. The van der Waals surface area contributed by atoms with E-state index >= 15 is 0 Å². The fourth-order valence-corrected chi connectivity index (χ4v) is 4.75. The molecule has 2 aliphatic heterocycles. The summed E-state index contributed by atoms with van der Waals surface area (Å²) >= 11 is 0. The highest BCUT2D eigenvalue weighted by atomic mass is 19.4. The molecule has 2 aliphatic rings. The zero-order valence-electron chi connectivity index (χ0n) is 17.2. The molecule has 2 saturated heterocycles. The van der Waals surface area contributed by atoms with Gasteiger partial charge in [-0.05, 0) is 68.1 Å². The van der Waals surface area contributed by atoms with Crippen LogP contribution >= 0.6 is 0 Å². The van der Waals surface area contributed by atoms with Crippen molar-refractivity contribution in [2.45, 2.75) is 50.0 Å². The second kappa shape index (κ2) is 8.00. The Bertz CT molecular complexity index is 1010. The quantitative estimate of drug-likeness (QED) is 0.505. The van der Waals surface area contributed by atoms with Crippen LogP contribution in [0.1, 0.15) is 36.8 Å². The van der Waals surface area contributed by atoms with Gasteiger partial charge in [0.1, 0.15) is 5.71 Å². The van der Waals surface area contributed by atoms with Crippen molar-refractivity contribution in [2.24, 2.45) is 0 Å². The van der Waals surface area contributed by atoms with Crippen LogP contribution < -0.4 is 11.1 Å². The molecule has 0 radical (unpaired) electrons. The predicted octanol–water partition coefficient (Wildman–Crippen LogP) is 4.06. The summed E-state index contributed by atoms with van der Waals surface area (Å²) in [4.78, 5) is 15.0. The van der Waals surface area contributed by atoms with Gasteiger partial charge in [0.15, 0.2) is 0 Å². The van der Waals surface area contributed by atoms with Gasteiger partial charge in [-0.1, -0.05) is 18.2 Å². The van der Waals surface area contributed by atoms with Crippen molar-refractivity contribution in [1.82, 2.24) is 10.2 Å². The molecule has 164 valence electrons. The third-order valence-corrected chi connectivity index (χ3v) is 6.50. The number of rotatable bonds is 4. The maximum Gasteiger partial charge on any atom is 0.416 e. The monoisotopic (exact) mass is 430 g/mol. The number of carbonyl (C=O) groups is 1. The maximum absolute atomic E-state index is 13.0. The van der Waals surface area contributed by atoms with Gasteiger partial charge in [-0.3, -0.25) is 10.2 Å². The molecule has 5 nitrogen and oxygen atoms in total. The SMILES string of the molecule is CN1C2CCC1CC(NC(=O)C(=N)c1ccc(-c3cccc(C(F)(F)F)c3)cc1N)C2. The fourth-order valence-electron chi connectivity index (χ4n) is 4.75. The molecule has 0 saturated carbocycles. The molecule has 2 unspecified atom stereocenters. The Kier molecular flexibility index (Phi) is 5.51. The summed E-state index contributed by atoms with van der Waals surface area (Å²) in [5.41, 5.74) is 6.40. The highest BCUT2D eigenvalue weighted by molar-refractivity contribution is 6.45. The van der Waals surface area contributed by atoms with Crippen molar-refractivity contribution in [3.63, 3.8) is 0 Å². The highest BCUT2D eigenvalue weighted by Gasteiger charge is 2.39. The van der Waals surface area contributed by atoms with Crippen molar-refractivity contribution < 1.29 is 18.0 Å². The van der Waals surface area contributed by atoms with Gasteiger partial charge in [-0.15, -0.1) is 0 Å². The van der Waals surface area contributed by atoms with Crippen molar-refractivity contribution >= 4 is 17.3 Å². The van der Waals surface area contributed by atoms with E-state index in [1.807, 2.05) is 0 Å².